The van der Waals surface area contributed by atoms with Crippen molar-refractivity contribution in [2.24, 2.45) is 5.41 Å². The molecular formula is C20H29NO3. The molecule has 2 aliphatic rings. The van der Waals surface area contributed by atoms with Crippen LogP contribution in [-0.2, 0) is 16.6 Å². The van der Waals surface area contributed by atoms with E-state index in [1.54, 1.807) is 6.07 Å². The van der Waals surface area contributed by atoms with Gasteiger partial charge in [0.05, 0.1) is 0 Å². The minimum atomic E-state index is -0.486. The van der Waals surface area contributed by atoms with Crippen molar-refractivity contribution < 1.29 is 14.6 Å². The van der Waals surface area contributed by atoms with E-state index in [1.165, 1.54) is 11.1 Å². The summed E-state index contributed by atoms with van der Waals surface area (Å²) in [5.74, 6) is 0.318. The van der Waals surface area contributed by atoms with Crippen molar-refractivity contribution in [3.63, 3.8) is 0 Å². The molecule has 1 aromatic carbocycles. The van der Waals surface area contributed by atoms with Crippen molar-refractivity contribution in [3.05, 3.63) is 29.3 Å². The van der Waals surface area contributed by atoms with Gasteiger partial charge in [-0.1, -0.05) is 26.8 Å². The number of benzene rings is 1. The Morgan fingerprint density at radius 3 is 2.58 bits per heavy atom. The third kappa shape index (κ3) is 2.47. The van der Waals surface area contributed by atoms with Gasteiger partial charge in [-0.15, -0.1) is 0 Å². The van der Waals surface area contributed by atoms with Crippen LogP contribution in [0.5, 0.6) is 5.75 Å². The summed E-state index contributed by atoms with van der Waals surface area (Å²) < 4.78 is 5.65. The number of nitrogens with zero attached hydrogens (tertiary/aromatic N) is 1. The lowest BCUT2D eigenvalue weighted by Gasteiger charge is -2.60. The Morgan fingerprint density at radius 1 is 1.29 bits per heavy atom. The number of aromatic hydroxyl groups is 1. The molecule has 3 rings (SSSR count). The van der Waals surface area contributed by atoms with Gasteiger partial charge in [-0.2, -0.15) is 0 Å². The SMILES string of the molecule is CC(C)(C)OC(=O)N1CC[C@@]2(C)c3cc(O)ccc3C[C@@H]1C2(C)C. The van der Waals surface area contributed by atoms with Crippen LogP contribution in [0.2, 0.25) is 0 Å². The van der Waals surface area contributed by atoms with Gasteiger partial charge in [-0.3, -0.25) is 0 Å². The largest absolute Gasteiger partial charge is 0.508 e. The van der Waals surface area contributed by atoms with E-state index in [9.17, 15) is 9.90 Å². The highest BCUT2D eigenvalue weighted by atomic mass is 16.6. The third-order valence-corrected chi connectivity index (χ3v) is 6.21. The topological polar surface area (TPSA) is 49.8 Å². The van der Waals surface area contributed by atoms with E-state index in [2.05, 4.69) is 20.8 Å². The van der Waals surface area contributed by atoms with Crippen molar-refractivity contribution in [1.29, 1.82) is 0 Å². The fourth-order valence-corrected chi connectivity index (χ4v) is 4.43. The molecule has 1 heterocycles. The number of phenols is 1. The molecule has 2 bridgehead atoms. The van der Waals surface area contributed by atoms with Crippen LogP contribution in [0, 0.1) is 5.41 Å². The summed E-state index contributed by atoms with van der Waals surface area (Å²) in [5, 5.41) is 9.95. The molecule has 24 heavy (non-hydrogen) atoms. The second kappa shape index (κ2) is 5.14. The van der Waals surface area contributed by atoms with Crippen molar-refractivity contribution in [2.75, 3.05) is 6.54 Å². The van der Waals surface area contributed by atoms with E-state index in [4.69, 9.17) is 4.74 Å². The summed E-state index contributed by atoms with van der Waals surface area (Å²) >= 11 is 0. The second-order valence-corrected chi connectivity index (χ2v) is 9.04. The van der Waals surface area contributed by atoms with E-state index < -0.39 is 5.60 Å². The summed E-state index contributed by atoms with van der Waals surface area (Å²) in [5.41, 5.74) is 1.81. The number of fused-ring (bicyclic) bond motifs is 4. The molecule has 2 atom stereocenters. The fourth-order valence-electron chi connectivity index (χ4n) is 4.43. The second-order valence-electron chi connectivity index (χ2n) is 9.04. The monoisotopic (exact) mass is 331 g/mol. The molecule has 0 saturated carbocycles. The molecule has 0 spiro atoms. The van der Waals surface area contributed by atoms with E-state index >= 15 is 0 Å². The van der Waals surface area contributed by atoms with Crippen LogP contribution in [0.25, 0.3) is 0 Å². The van der Waals surface area contributed by atoms with Crippen LogP contribution in [0.4, 0.5) is 4.79 Å². The van der Waals surface area contributed by atoms with Crippen LogP contribution in [0.3, 0.4) is 0 Å². The number of carbonyl (C=O) groups is 1. The third-order valence-electron chi connectivity index (χ3n) is 6.21. The van der Waals surface area contributed by atoms with Gasteiger partial charge < -0.3 is 14.7 Å². The maximum Gasteiger partial charge on any atom is 0.410 e. The summed E-state index contributed by atoms with van der Waals surface area (Å²) in [6.45, 7) is 13.1. The highest BCUT2D eigenvalue weighted by molar-refractivity contribution is 5.69. The molecule has 4 heteroatoms. The highest BCUT2D eigenvalue weighted by Crippen LogP contribution is 2.56. The lowest BCUT2D eigenvalue weighted by atomic mass is 9.51. The van der Waals surface area contributed by atoms with Crippen molar-refractivity contribution >= 4 is 6.09 Å². The summed E-state index contributed by atoms with van der Waals surface area (Å²) in [4.78, 5) is 14.7. The molecule has 1 fully saturated rings. The van der Waals surface area contributed by atoms with E-state index in [0.717, 1.165) is 12.8 Å². The molecule has 1 N–H and O–H groups in total. The summed E-state index contributed by atoms with van der Waals surface area (Å²) in [6, 6.07) is 5.76. The fraction of sp³-hybridized carbons (Fsp3) is 0.650. The Hall–Kier alpha value is -1.71. The first kappa shape index (κ1) is 17.1. The molecule has 0 aromatic heterocycles. The molecule has 1 amide bonds. The zero-order valence-corrected chi connectivity index (χ0v) is 15.6. The molecule has 132 valence electrons. The van der Waals surface area contributed by atoms with Crippen molar-refractivity contribution in [2.45, 2.75) is 71.4 Å². The number of rotatable bonds is 0. The van der Waals surface area contributed by atoms with Gasteiger partial charge >= 0.3 is 6.09 Å². The van der Waals surface area contributed by atoms with Crippen LogP contribution < -0.4 is 0 Å². The van der Waals surface area contributed by atoms with Crippen molar-refractivity contribution in [3.8, 4) is 5.75 Å². The minimum absolute atomic E-state index is 0.0670. The lowest BCUT2D eigenvalue weighted by Crippen LogP contribution is -2.65. The predicted molar refractivity (Wildman–Crippen MR) is 94.3 cm³/mol. The first-order chi connectivity index (χ1) is 11.0. The van der Waals surface area contributed by atoms with Gasteiger partial charge in [0, 0.05) is 18.0 Å². The summed E-state index contributed by atoms with van der Waals surface area (Å²) in [6.07, 6.45) is 1.45. The molecule has 0 radical (unpaired) electrons. The van der Waals surface area contributed by atoms with Crippen LogP contribution in [0.1, 0.15) is 59.1 Å². The average molecular weight is 331 g/mol. The van der Waals surface area contributed by atoms with E-state index in [-0.39, 0.29) is 23.0 Å². The minimum Gasteiger partial charge on any atom is -0.508 e. The van der Waals surface area contributed by atoms with Gasteiger partial charge in [0.15, 0.2) is 0 Å². The highest BCUT2D eigenvalue weighted by Gasteiger charge is 2.57. The number of piperidine rings is 1. The molecule has 1 aliphatic carbocycles. The van der Waals surface area contributed by atoms with Gasteiger partial charge in [0.2, 0.25) is 0 Å². The zero-order chi connectivity index (χ0) is 17.9. The molecule has 1 aliphatic heterocycles. The number of phenolic OH excluding ortho intramolecular Hbond substituents is 1. The Bertz CT molecular complexity index is 674. The van der Waals surface area contributed by atoms with Gasteiger partial charge in [-0.05, 0) is 62.3 Å². The van der Waals surface area contributed by atoms with Crippen LogP contribution in [0.15, 0.2) is 18.2 Å². The van der Waals surface area contributed by atoms with Crippen LogP contribution >= 0.6 is 0 Å². The quantitative estimate of drug-likeness (QED) is 0.773. The Balaban J connectivity index is 2.01. The smallest absolute Gasteiger partial charge is 0.410 e. The number of ether oxygens (including phenoxy) is 1. The molecule has 4 nitrogen and oxygen atoms in total. The zero-order valence-electron chi connectivity index (χ0n) is 15.6. The molecular weight excluding hydrogens is 302 g/mol. The maximum absolute atomic E-state index is 12.7. The molecule has 1 saturated heterocycles. The standard InChI is InChI=1S/C20H29NO3/c1-18(2,3)24-17(23)21-10-9-20(6)15-12-14(22)8-7-13(15)11-16(21)19(20,4)5/h7-8,12,16,22H,9-11H2,1-6H3/t16-,20+/m1/s1. The Labute approximate surface area is 144 Å². The first-order valence-electron chi connectivity index (χ1n) is 8.78. The predicted octanol–water partition coefficient (Wildman–Crippen LogP) is 4.24. The van der Waals surface area contributed by atoms with E-state index in [1.807, 2.05) is 37.8 Å². The average Bonchev–Trinajstić information content (AvgIpc) is 2.42. The van der Waals surface area contributed by atoms with Gasteiger partial charge in [0.25, 0.3) is 0 Å². The van der Waals surface area contributed by atoms with Crippen LogP contribution in [-0.4, -0.2) is 34.3 Å². The number of hydrogen-bond acceptors (Lipinski definition) is 3. The Morgan fingerprint density at radius 2 is 1.96 bits per heavy atom. The van der Waals surface area contributed by atoms with Gasteiger partial charge in [0.1, 0.15) is 11.4 Å². The molecule has 1 aromatic rings. The van der Waals surface area contributed by atoms with Crippen molar-refractivity contribution in [1.82, 2.24) is 4.90 Å². The van der Waals surface area contributed by atoms with Gasteiger partial charge in [-0.25, -0.2) is 4.79 Å². The number of carbonyl (C=O) groups excluding carboxylic acids is 1. The Kier molecular flexibility index (Phi) is 3.67. The number of amides is 1. The maximum atomic E-state index is 12.7. The summed E-state index contributed by atoms with van der Waals surface area (Å²) in [7, 11) is 0. The molecule has 0 unspecified atom stereocenters. The lowest BCUT2D eigenvalue weighted by molar-refractivity contribution is -0.0522. The normalized spacial score (nSPS) is 28.2. The number of hydrogen-bond donors (Lipinski definition) is 1. The first-order valence-corrected chi connectivity index (χ1v) is 8.78. The number of likely N-dealkylation sites (tertiary alicyclic amines) is 1. The van der Waals surface area contributed by atoms with E-state index in [0.29, 0.717) is 12.3 Å².